The second kappa shape index (κ2) is 3.75. The van der Waals surface area contributed by atoms with Crippen molar-refractivity contribution in [3.05, 3.63) is 46.5 Å². The Labute approximate surface area is 85.5 Å². The largest absolute Gasteiger partial charge is 0.299 e. The predicted octanol–water partition coefficient (Wildman–Crippen LogP) is 2.64. The van der Waals surface area contributed by atoms with Gasteiger partial charge < -0.3 is 0 Å². The Bertz CT molecular complexity index is 340. The molecule has 66 valence electrons. The Balaban J connectivity index is 2.21. The van der Waals surface area contributed by atoms with E-state index in [1.54, 1.807) is 6.21 Å². The van der Waals surface area contributed by atoms with Crippen molar-refractivity contribution in [3.63, 3.8) is 0 Å². The van der Waals surface area contributed by atoms with Crippen LogP contribution >= 0.6 is 15.9 Å². The number of halogens is 1. The highest BCUT2D eigenvalue weighted by Crippen LogP contribution is 2.18. The third kappa shape index (κ3) is 1.98. The summed E-state index contributed by atoms with van der Waals surface area (Å²) >= 11 is 3.40. The van der Waals surface area contributed by atoms with Gasteiger partial charge in [0.2, 0.25) is 0 Å². The van der Waals surface area contributed by atoms with Crippen LogP contribution in [0.3, 0.4) is 0 Å². The molecule has 0 spiro atoms. The van der Waals surface area contributed by atoms with Crippen LogP contribution in [0.1, 0.15) is 11.6 Å². The van der Waals surface area contributed by atoms with Crippen LogP contribution < -0.4 is 5.43 Å². The molecule has 1 aromatic rings. The van der Waals surface area contributed by atoms with Gasteiger partial charge in [-0.25, -0.2) is 0 Å². The average Bonchev–Trinajstić information content (AvgIpc) is 2.20. The minimum absolute atomic E-state index is 0.207. The summed E-state index contributed by atoms with van der Waals surface area (Å²) in [5.41, 5.74) is 4.24. The molecule has 0 aliphatic carbocycles. The number of allylic oxidation sites excluding steroid dienone is 1. The smallest absolute Gasteiger partial charge is 0.0874 e. The van der Waals surface area contributed by atoms with E-state index in [1.807, 2.05) is 18.2 Å². The van der Waals surface area contributed by atoms with Crippen LogP contribution in [0.15, 0.2) is 46.0 Å². The van der Waals surface area contributed by atoms with Gasteiger partial charge in [-0.15, -0.1) is 0 Å². The number of rotatable bonds is 1. The molecule has 13 heavy (non-hydrogen) atoms. The van der Waals surface area contributed by atoms with Crippen molar-refractivity contribution in [1.29, 1.82) is 0 Å². The highest BCUT2D eigenvalue weighted by molar-refractivity contribution is 9.10. The molecule has 0 aromatic heterocycles. The molecule has 0 saturated carbocycles. The molecule has 0 amide bonds. The van der Waals surface area contributed by atoms with Crippen LogP contribution in [-0.4, -0.2) is 6.21 Å². The molecule has 1 atom stereocenters. The number of hydrazone groups is 1. The first kappa shape index (κ1) is 8.51. The summed E-state index contributed by atoms with van der Waals surface area (Å²) in [5, 5.41) is 3.98. The molecule has 3 heteroatoms. The fourth-order valence-electron chi connectivity index (χ4n) is 1.23. The lowest BCUT2D eigenvalue weighted by Crippen LogP contribution is -2.15. The minimum Gasteiger partial charge on any atom is -0.299 e. The molecular weight excluding hydrogens is 228 g/mol. The van der Waals surface area contributed by atoms with Gasteiger partial charge in [-0.3, -0.25) is 5.43 Å². The van der Waals surface area contributed by atoms with E-state index in [9.17, 15) is 0 Å². The van der Waals surface area contributed by atoms with Crippen molar-refractivity contribution in [2.45, 2.75) is 6.04 Å². The molecule has 0 fully saturated rings. The molecule has 1 aliphatic rings. The summed E-state index contributed by atoms with van der Waals surface area (Å²) < 4.78 is 1.10. The van der Waals surface area contributed by atoms with E-state index in [0.29, 0.717) is 0 Å². The first-order valence-electron chi connectivity index (χ1n) is 4.07. The fourth-order valence-corrected chi connectivity index (χ4v) is 1.49. The summed E-state index contributed by atoms with van der Waals surface area (Å²) in [6, 6.07) is 8.42. The number of benzene rings is 1. The van der Waals surface area contributed by atoms with E-state index in [4.69, 9.17) is 0 Å². The Kier molecular flexibility index (Phi) is 2.45. The van der Waals surface area contributed by atoms with Gasteiger partial charge in [0.05, 0.1) is 6.04 Å². The van der Waals surface area contributed by atoms with Gasteiger partial charge in [-0.2, -0.15) is 5.10 Å². The topological polar surface area (TPSA) is 24.4 Å². The van der Waals surface area contributed by atoms with Crippen LogP contribution in [0.2, 0.25) is 0 Å². The van der Waals surface area contributed by atoms with Gasteiger partial charge in [0.25, 0.3) is 0 Å². The van der Waals surface area contributed by atoms with E-state index in [0.717, 1.165) is 4.47 Å². The number of hydrogen-bond donors (Lipinski definition) is 1. The molecule has 1 aromatic carbocycles. The van der Waals surface area contributed by atoms with Gasteiger partial charge in [0, 0.05) is 10.7 Å². The zero-order chi connectivity index (χ0) is 9.10. The lowest BCUT2D eigenvalue weighted by atomic mass is 10.1. The molecule has 1 aliphatic heterocycles. The normalized spacial score (nSPS) is 19.9. The summed E-state index contributed by atoms with van der Waals surface area (Å²) in [6.45, 7) is 0. The first-order chi connectivity index (χ1) is 6.36. The second-order valence-electron chi connectivity index (χ2n) is 2.82. The van der Waals surface area contributed by atoms with Crippen molar-refractivity contribution < 1.29 is 0 Å². The zero-order valence-corrected chi connectivity index (χ0v) is 8.53. The molecule has 0 saturated heterocycles. The second-order valence-corrected chi connectivity index (χ2v) is 3.74. The Hall–Kier alpha value is -1.09. The Morgan fingerprint density at radius 2 is 2.00 bits per heavy atom. The first-order valence-corrected chi connectivity index (χ1v) is 4.86. The molecule has 0 radical (unpaired) electrons. The molecule has 1 unspecified atom stereocenters. The number of nitrogens with one attached hydrogen (secondary N) is 1. The molecule has 2 rings (SSSR count). The Morgan fingerprint density at radius 3 is 2.62 bits per heavy atom. The van der Waals surface area contributed by atoms with Crippen molar-refractivity contribution in [2.24, 2.45) is 5.10 Å². The fraction of sp³-hybridized carbons (Fsp3) is 0.100. The quantitative estimate of drug-likeness (QED) is 0.797. The number of nitrogens with zero attached hydrogens (tertiary/aromatic N) is 1. The SMILES string of the molecule is Brc1ccc(C2C=CC=NN2)cc1. The standard InChI is InChI=1S/C10H9BrN2/c11-9-5-3-8(4-6-9)10-2-1-7-12-13-10/h1-7,10,13H. The third-order valence-electron chi connectivity index (χ3n) is 1.91. The molecule has 0 bridgehead atoms. The van der Waals surface area contributed by atoms with E-state index in [-0.39, 0.29) is 6.04 Å². The maximum absolute atomic E-state index is 3.98. The van der Waals surface area contributed by atoms with Gasteiger partial charge in [-0.05, 0) is 23.8 Å². The van der Waals surface area contributed by atoms with E-state index in [1.165, 1.54) is 5.56 Å². The molecule has 1 N–H and O–H groups in total. The summed E-state index contributed by atoms with van der Waals surface area (Å²) in [6.07, 6.45) is 5.77. The van der Waals surface area contributed by atoms with Crippen LogP contribution in [0.5, 0.6) is 0 Å². The summed E-state index contributed by atoms with van der Waals surface area (Å²) in [4.78, 5) is 0. The van der Waals surface area contributed by atoms with Gasteiger partial charge in [0.15, 0.2) is 0 Å². The molecule has 1 heterocycles. The maximum atomic E-state index is 3.98. The van der Waals surface area contributed by atoms with Gasteiger partial charge in [-0.1, -0.05) is 34.1 Å². The summed E-state index contributed by atoms with van der Waals surface area (Å²) in [7, 11) is 0. The van der Waals surface area contributed by atoms with E-state index >= 15 is 0 Å². The molecule has 2 nitrogen and oxygen atoms in total. The predicted molar refractivity (Wildman–Crippen MR) is 57.7 cm³/mol. The minimum atomic E-state index is 0.207. The zero-order valence-electron chi connectivity index (χ0n) is 6.94. The van der Waals surface area contributed by atoms with Crippen molar-refractivity contribution >= 4 is 22.1 Å². The van der Waals surface area contributed by atoms with Crippen LogP contribution in [0.25, 0.3) is 0 Å². The lowest BCUT2D eigenvalue weighted by molar-refractivity contribution is 0.655. The third-order valence-corrected chi connectivity index (χ3v) is 2.44. The maximum Gasteiger partial charge on any atom is 0.0874 e. The van der Waals surface area contributed by atoms with Crippen molar-refractivity contribution in [1.82, 2.24) is 5.43 Å². The average molecular weight is 237 g/mol. The van der Waals surface area contributed by atoms with E-state index < -0.39 is 0 Å². The highest BCUT2D eigenvalue weighted by atomic mass is 79.9. The highest BCUT2D eigenvalue weighted by Gasteiger charge is 2.06. The van der Waals surface area contributed by atoms with Gasteiger partial charge in [0.1, 0.15) is 0 Å². The van der Waals surface area contributed by atoms with E-state index in [2.05, 4.69) is 44.7 Å². The Morgan fingerprint density at radius 1 is 1.23 bits per heavy atom. The van der Waals surface area contributed by atoms with Gasteiger partial charge >= 0.3 is 0 Å². The van der Waals surface area contributed by atoms with Crippen molar-refractivity contribution in [2.75, 3.05) is 0 Å². The summed E-state index contributed by atoms with van der Waals surface area (Å²) in [5.74, 6) is 0. The molecular formula is C10H9BrN2. The van der Waals surface area contributed by atoms with Crippen LogP contribution in [0.4, 0.5) is 0 Å². The lowest BCUT2D eigenvalue weighted by Gasteiger charge is -2.14. The van der Waals surface area contributed by atoms with Crippen LogP contribution in [-0.2, 0) is 0 Å². The van der Waals surface area contributed by atoms with Crippen LogP contribution in [0, 0.1) is 0 Å². The van der Waals surface area contributed by atoms with Crippen molar-refractivity contribution in [3.8, 4) is 0 Å². The monoisotopic (exact) mass is 236 g/mol. The number of hydrogen-bond acceptors (Lipinski definition) is 2.